The molecule has 5 heteroatoms. The van der Waals surface area contributed by atoms with Crippen LogP contribution in [0.25, 0.3) is 0 Å². The van der Waals surface area contributed by atoms with Gasteiger partial charge >= 0.3 is 0 Å². The molecule has 24 heavy (non-hydrogen) atoms. The molecule has 0 aliphatic carbocycles. The van der Waals surface area contributed by atoms with Gasteiger partial charge in [-0.2, -0.15) is 5.11 Å². The van der Waals surface area contributed by atoms with Gasteiger partial charge in [-0.1, -0.05) is 24.3 Å². The molecule has 1 unspecified atom stereocenters. The number of fused-ring (bicyclic) bond motifs is 1. The van der Waals surface area contributed by atoms with E-state index in [-0.39, 0.29) is 12.0 Å². The summed E-state index contributed by atoms with van der Waals surface area (Å²) in [6.45, 7) is 6.22. The Balaban J connectivity index is 1.72. The molecular formula is C19H22N4S. The van der Waals surface area contributed by atoms with Crippen LogP contribution in [-0.4, -0.2) is 11.7 Å². The van der Waals surface area contributed by atoms with Crippen molar-refractivity contribution < 1.29 is 0 Å². The van der Waals surface area contributed by atoms with Gasteiger partial charge in [0, 0.05) is 16.3 Å². The lowest BCUT2D eigenvalue weighted by molar-refractivity contribution is 0.650. The summed E-state index contributed by atoms with van der Waals surface area (Å²) in [5.74, 6) is 1.12. The third kappa shape index (κ3) is 3.85. The molecule has 0 fully saturated rings. The molecule has 0 aromatic heterocycles. The minimum absolute atomic E-state index is 0.0440. The number of benzene rings is 2. The number of nitrogens with one attached hydrogen (secondary N) is 2. The SMILES string of the molecule is Cc1cc(C)cc(NC(=N)N=NC2CCSc3c(C)cccc32)c1. The Labute approximate surface area is 147 Å². The Morgan fingerprint density at radius 1 is 1.17 bits per heavy atom. The Hall–Kier alpha value is -2.14. The molecule has 2 aromatic carbocycles. The van der Waals surface area contributed by atoms with Crippen LogP contribution in [-0.2, 0) is 0 Å². The Morgan fingerprint density at radius 3 is 2.67 bits per heavy atom. The van der Waals surface area contributed by atoms with Gasteiger partial charge in [-0.05, 0) is 61.6 Å². The van der Waals surface area contributed by atoms with Crippen LogP contribution in [0.2, 0.25) is 0 Å². The highest BCUT2D eigenvalue weighted by Crippen LogP contribution is 2.40. The number of anilines is 1. The predicted octanol–water partition coefficient (Wildman–Crippen LogP) is 5.65. The topological polar surface area (TPSA) is 60.6 Å². The van der Waals surface area contributed by atoms with Crippen LogP contribution < -0.4 is 5.32 Å². The molecule has 0 bridgehead atoms. The van der Waals surface area contributed by atoms with Crippen LogP contribution in [0, 0.1) is 26.2 Å². The normalized spacial score (nSPS) is 16.9. The van der Waals surface area contributed by atoms with Crippen molar-refractivity contribution in [2.45, 2.75) is 38.1 Å². The zero-order chi connectivity index (χ0) is 17.1. The van der Waals surface area contributed by atoms with Crippen molar-refractivity contribution in [2.24, 2.45) is 10.2 Å². The van der Waals surface area contributed by atoms with E-state index in [1.165, 1.54) is 16.0 Å². The van der Waals surface area contributed by atoms with Gasteiger partial charge in [0.05, 0.1) is 6.04 Å². The second kappa shape index (κ2) is 7.18. The van der Waals surface area contributed by atoms with Crippen LogP contribution in [0.1, 0.15) is 34.7 Å². The van der Waals surface area contributed by atoms with Crippen molar-refractivity contribution in [3.05, 3.63) is 58.7 Å². The van der Waals surface area contributed by atoms with Crippen LogP contribution >= 0.6 is 11.8 Å². The number of rotatable bonds is 2. The fourth-order valence-electron chi connectivity index (χ4n) is 3.02. The number of aryl methyl sites for hydroxylation is 3. The van der Waals surface area contributed by atoms with E-state index < -0.39 is 0 Å². The molecule has 1 heterocycles. The smallest absolute Gasteiger partial charge is 0.239 e. The first-order valence-electron chi connectivity index (χ1n) is 8.10. The van der Waals surface area contributed by atoms with Crippen LogP contribution in [0.3, 0.4) is 0 Å². The third-order valence-electron chi connectivity index (χ3n) is 4.02. The average molecular weight is 338 g/mol. The monoisotopic (exact) mass is 338 g/mol. The maximum atomic E-state index is 8.04. The molecule has 124 valence electrons. The molecule has 1 aliphatic heterocycles. The molecule has 0 radical (unpaired) electrons. The molecule has 2 N–H and O–H groups in total. The van der Waals surface area contributed by atoms with E-state index in [0.29, 0.717) is 0 Å². The van der Waals surface area contributed by atoms with Crippen molar-refractivity contribution in [1.29, 1.82) is 5.41 Å². The van der Waals surface area contributed by atoms with E-state index in [1.807, 2.05) is 37.7 Å². The summed E-state index contributed by atoms with van der Waals surface area (Å²) in [5.41, 5.74) is 5.73. The molecule has 2 aromatic rings. The first kappa shape index (κ1) is 16.7. The number of azo groups is 1. The third-order valence-corrected chi connectivity index (χ3v) is 5.31. The Morgan fingerprint density at radius 2 is 1.92 bits per heavy atom. The predicted molar refractivity (Wildman–Crippen MR) is 101 cm³/mol. The van der Waals surface area contributed by atoms with E-state index in [4.69, 9.17) is 5.41 Å². The summed E-state index contributed by atoms with van der Waals surface area (Å²) >= 11 is 1.89. The van der Waals surface area contributed by atoms with Crippen molar-refractivity contribution in [2.75, 3.05) is 11.1 Å². The lowest BCUT2D eigenvalue weighted by Crippen LogP contribution is -2.10. The highest BCUT2D eigenvalue weighted by atomic mass is 32.2. The van der Waals surface area contributed by atoms with Gasteiger partial charge in [-0.25, -0.2) is 0 Å². The van der Waals surface area contributed by atoms with Gasteiger partial charge in [0.15, 0.2) is 0 Å². The molecule has 1 atom stereocenters. The fourth-order valence-corrected chi connectivity index (χ4v) is 4.23. The first-order valence-corrected chi connectivity index (χ1v) is 9.08. The van der Waals surface area contributed by atoms with Gasteiger partial charge in [0.2, 0.25) is 5.96 Å². The molecule has 0 spiro atoms. The molecule has 0 saturated carbocycles. The summed E-state index contributed by atoms with van der Waals surface area (Å²) in [6, 6.07) is 12.5. The zero-order valence-corrected chi connectivity index (χ0v) is 15.1. The van der Waals surface area contributed by atoms with Crippen molar-refractivity contribution >= 4 is 23.4 Å². The number of nitrogens with zero attached hydrogens (tertiary/aromatic N) is 2. The Kier molecular flexibility index (Phi) is 5.00. The molecule has 1 aliphatic rings. The Bertz CT molecular complexity index is 778. The molecular weight excluding hydrogens is 316 g/mol. The zero-order valence-electron chi connectivity index (χ0n) is 14.3. The fraction of sp³-hybridized carbons (Fsp3) is 0.316. The van der Waals surface area contributed by atoms with Gasteiger partial charge in [0.1, 0.15) is 0 Å². The average Bonchev–Trinajstić information content (AvgIpc) is 2.52. The largest absolute Gasteiger partial charge is 0.323 e. The minimum atomic E-state index is 0.0440. The lowest BCUT2D eigenvalue weighted by atomic mass is 10.0. The molecule has 3 rings (SSSR count). The summed E-state index contributed by atoms with van der Waals surface area (Å²) < 4.78 is 0. The second-order valence-corrected chi connectivity index (χ2v) is 7.32. The van der Waals surface area contributed by atoms with Crippen molar-refractivity contribution in [1.82, 2.24) is 0 Å². The van der Waals surface area contributed by atoms with Crippen LogP contribution in [0.4, 0.5) is 5.69 Å². The van der Waals surface area contributed by atoms with E-state index in [2.05, 4.69) is 46.7 Å². The van der Waals surface area contributed by atoms with Crippen molar-refractivity contribution in [3.8, 4) is 0 Å². The van der Waals surface area contributed by atoms with Crippen LogP contribution in [0.15, 0.2) is 51.5 Å². The van der Waals surface area contributed by atoms with Crippen molar-refractivity contribution in [3.63, 3.8) is 0 Å². The van der Waals surface area contributed by atoms with Crippen LogP contribution in [0.5, 0.6) is 0 Å². The van der Waals surface area contributed by atoms with E-state index in [0.717, 1.165) is 29.0 Å². The second-order valence-electron chi connectivity index (χ2n) is 6.21. The minimum Gasteiger partial charge on any atom is -0.323 e. The number of hydrogen-bond donors (Lipinski definition) is 2. The molecule has 0 saturated heterocycles. The molecule has 0 amide bonds. The number of hydrogen-bond acceptors (Lipinski definition) is 3. The van der Waals surface area contributed by atoms with Gasteiger partial charge in [-0.3, -0.25) is 5.41 Å². The quantitative estimate of drug-likeness (QED) is 0.422. The van der Waals surface area contributed by atoms with E-state index in [1.54, 1.807) is 0 Å². The van der Waals surface area contributed by atoms with E-state index in [9.17, 15) is 0 Å². The summed E-state index contributed by atoms with van der Waals surface area (Å²) in [6.07, 6.45) is 0.960. The highest BCUT2D eigenvalue weighted by Gasteiger charge is 2.21. The summed E-state index contributed by atoms with van der Waals surface area (Å²) in [7, 11) is 0. The number of thioether (sulfide) groups is 1. The summed E-state index contributed by atoms with van der Waals surface area (Å²) in [4.78, 5) is 1.32. The first-order chi connectivity index (χ1) is 11.5. The van der Waals surface area contributed by atoms with Gasteiger partial charge in [-0.15, -0.1) is 16.9 Å². The highest BCUT2D eigenvalue weighted by molar-refractivity contribution is 7.99. The molecule has 4 nitrogen and oxygen atoms in total. The van der Waals surface area contributed by atoms with Gasteiger partial charge in [0.25, 0.3) is 0 Å². The number of guanidine groups is 1. The summed E-state index contributed by atoms with van der Waals surface area (Å²) in [5, 5.41) is 19.6. The standard InChI is InChI=1S/C19H22N4S/c1-12-9-13(2)11-15(10-12)21-19(20)23-22-17-7-8-24-18-14(3)5-4-6-16(17)18/h4-6,9-11,17H,7-8H2,1-3H3,(H2,20,21). The maximum absolute atomic E-state index is 8.04. The van der Waals surface area contributed by atoms with E-state index >= 15 is 0 Å². The maximum Gasteiger partial charge on any atom is 0.239 e. The van der Waals surface area contributed by atoms with Gasteiger partial charge < -0.3 is 5.32 Å². The lowest BCUT2D eigenvalue weighted by Gasteiger charge is -2.22.